The molecule has 1 amide bonds. The van der Waals surface area contributed by atoms with E-state index in [1.165, 1.54) is 12.1 Å². The van der Waals surface area contributed by atoms with Gasteiger partial charge in [0, 0.05) is 5.69 Å². The Morgan fingerprint density at radius 2 is 1.95 bits per heavy atom. The zero-order valence-corrected chi connectivity index (χ0v) is 12.7. The average molecular weight is 339 g/mol. The SMILES string of the molecule is N#CC1(C(=O)Nc2ccc(Br)c(F)c2)CCCCCC1. The van der Waals surface area contributed by atoms with Crippen LogP contribution in [-0.4, -0.2) is 5.91 Å². The highest BCUT2D eigenvalue weighted by Crippen LogP contribution is 2.35. The summed E-state index contributed by atoms with van der Waals surface area (Å²) >= 11 is 3.07. The van der Waals surface area contributed by atoms with Crippen molar-refractivity contribution < 1.29 is 9.18 Å². The van der Waals surface area contributed by atoms with Crippen molar-refractivity contribution in [3.8, 4) is 6.07 Å². The van der Waals surface area contributed by atoms with Crippen LogP contribution in [0.5, 0.6) is 0 Å². The lowest BCUT2D eigenvalue weighted by Gasteiger charge is -2.23. The summed E-state index contributed by atoms with van der Waals surface area (Å²) in [6.07, 6.45) is 5.04. The summed E-state index contributed by atoms with van der Waals surface area (Å²) in [5.74, 6) is -0.752. The number of carbonyl (C=O) groups is 1. The number of benzene rings is 1. The first-order chi connectivity index (χ1) is 9.57. The number of nitrogens with zero attached hydrogens (tertiary/aromatic N) is 1. The van der Waals surface area contributed by atoms with Crippen molar-refractivity contribution >= 4 is 27.5 Å². The Hall–Kier alpha value is -1.41. The number of nitrogens with one attached hydrogen (secondary N) is 1. The molecule has 5 heteroatoms. The molecule has 1 aliphatic rings. The lowest BCUT2D eigenvalue weighted by molar-refractivity contribution is -0.123. The summed E-state index contributed by atoms with van der Waals surface area (Å²) in [4.78, 5) is 12.4. The Morgan fingerprint density at radius 3 is 2.50 bits per heavy atom. The fourth-order valence-electron chi connectivity index (χ4n) is 2.55. The van der Waals surface area contributed by atoms with Crippen LogP contribution < -0.4 is 5.32 Å². The van der Waals surface area contributed by atoms with Gasteiger partial charge in [0.05, 0.1) is 10.5 Å². The van der Waals surface area contributed by atoms with Gasteiger partial charge in [-0.2, -0.15) is 5.26 Å². The topological polar surface area (TPSA) is 52.9 Å². The highest BCUT2D eigenvalue weighted by molar-refractivity contribution is 9.10. The van der Waals surface area contributed by atoms with E-state index in [-0.39, 0.29) is 5.91 Å². The molecule has 1 saturated carbocycles. The number of anilines is 1. The Labute approximate surface area is 126 Å². The van der Waals surface area contributed by atoms with E-state index in [1.54, 1.807) is 6.07 Å². The number of hydrogen-bond acceptors (Lipinski definition) is 2. The molecule has 1 fully saturated rings. The van der Waals surface area contributed by atoms with Gasteiger partial charge in [0.15, 0.2) is 0 Å². The molecule has 0 radical (unpaired) electrons. The second-order valence-electron chi connectivity index (χ2n) is 5.19. The fourth-order valence-corrected chi connectivity index (χ4v) is 2.79. The molecule has 1 aliphatic carbocycles. The van der Waals surface area contributed by atoms with Gasteiger partial charge in [-0.05, 0) is 47.0 Å². The summed E-state index contributed by atoms with van der Waals surface area (Å²) < 4.78 is 13.8. The molecule has 1 aromatic rings. The van der Waals surface area contributed by atoms with Gasteiger partial charge < -0.3 is 5.32 Å². The fraction of sp³-hybridized carbons (Fsp3) is 0.467. The molecule has 0 unspecified atom stereocenters. The summed E-state index contributed by atoms with van der Waals surface area (Å²) in [7, 11) is 0. The largest absolute Gasteiger partial charge is 0.325 e. The van der Waals surface area contributed by atoms with Gasteiger partial charge in [-0.25, -0.2) is 4.39 Å². The van der Waals surface area contributed by atoms with Gasteiger partial charge in [0.2, 0.25) is 5.91 Å². The van der Waals surface area contributed by atoms with E-state index in [0.717, 1.165) is 25.7 Å². The molecule has 3 nitrogen and oxygen atoms in total. The minimum Gasteiger partial charge on any atom is -0.325 e. The molecule has 20 heavy (non-hydrogen) atoms. The van der Waals surface area contributed by atoms with Crippen molar-refractivity contribution in [3.05, 3.63) is 28.5 Å². The molecule has 106 valence electrons. The van der Waals surface area contributed by atoms with Gasteiger partial charge in [-0.3, -0.25) is 4.79 Å². The molecular weight excluding hydrogens is 323 g/mol. The van der Waals surface area contributed by atoms with Crippen molar-refractivity contribution in [2.75, 3.05) is 5.32 Å². The normalized spacial score (nSPS) is 17.9. The minimum atomic E-state index is -0.972. The molecule has 0 aliphatic heterocycles. The second-order valence-corrected chi connectivity index (χ2v) is 6.05. The highest BCUT2D eigenvalue weighted by atomic mass is 79.9. The maximum atomic E-state index is 13.5. The lowest BCUT2D eigenvalue weighted by atomic mass is 9.81. The molecule has 0 saturated heterocycles. The van der Waals surface area contributed by atoms with Crippen molar-refractivity contribution in [2.45, 2.75) is 38.5 Å². The summed E-state index contributed by atoms with van der Waals surface area (Å²) in [6, 6.07) is 6.60. The molecule has 0 atom stereocenters. The third-order valence-corrected chi connectivity index (χ3v) is 4.43. The molecule has 0 aromatic heterocycles. The maximum Gasteiger partial charge on any atom is 0.244 e. The van der Waals surface area contributed by atoms with Crippen LogP contribution in [0.4, 0.5) is 10.1 Å². The van der Waals surface area contributed by atoms with E-state index in [9.17, 15) is 14.4 Å². The van der Waals surface area contributed by atoms with Crippen LogP contribution in [0.2, 0.25) is 0 Å². The van der Waals surface area contributed by atoms with Crippen molar-refractivity contribution in [1.82, 2.24) is 0 Å². The average Bonchev–Trinajstić information content (AvgIpc) is 2.69. The maximum absolute atomic E-state index is 13.5. The third-order valence-electron chi connectivity index (χ3n) is 3.78. The van der Waals surface area contributed by atoms with E-state index >= 15 is 0 Å². The number of halogens is 2. The predicted octanol–water partition coefficient (Wildman–Crippen LogP) is 4.39. The number of carbonyl (C=O) groups excluding carboxylic acids is 1. The minimum absolute atomic E-state index is 0.316. The molecule has 0 spiro atoms. The summed E-state index contributed by atoms with van der Waals surface area (Å²) in [5.41, 5.74) is -0.588. The number of hydrogen-bond donors (Lipinski definition) is 1. The van der Waals surface area contributed by atoms with Gasteiger partial charge >= 0.3 is 0 Å². The van der Waals surface area contributed by atoms with Crippen molar-refractivity contribution in [1.29, 1.82) is 5.26 Å². The van der Waals surface area contributed by atoms with Crippen molar-refractivity contribution in [2.24, 2.45) is 5.41 Å². The molecular formula is C15H16BrFN2O. The Morgan fingerprint density at radius 1 is 1.30 bits per heavy atom. The van der Waals surface area contributed by atoms with Gasteiger partial charge in [-0.15, -0.1) is 0 Å². The van der Waals surface area contributed by atoms with E-state index in [2.05, 4.69) is 27.3 Å². The molecule has 1 aromatic carbocycles. The zero-order chi connectivity index (χ0) is 14.6. The lowest BCUT2D eigenvalue weighted by Crippen LogP contribution is -2.34. The number of nitriles is 1. The van der Waals surface area contributed by atoms with Crippen LogP contribution >= 0.6 is 15.9 Å². The van der Waals surface area contributed by atoms with Crippen LogP contribution in [0, 0.1) is 22.6 Å². The molecule has 1 N–H and O–H groups in total. The molecule has 2 rings (SSSR count). The van der Waals surface area contributed by atoms with Crippen LogP contribution in [0.15, 0.2) is 22.7 Å². The second kappa shape index (κ2) is 6.36. The summed E-state index contributed by atoms with van der Waals surface area (Å²) in [5, 5.41) is 12.1. The smallest absolute Gasteiger partial charge is 0.244 e. The first kappa shape index (κ1) is 15.0. The zero-order valence-electron chi connectivity index (χ0n) is 11.1. The van der Waals surface area contributed by atoms with Gasteiger partial charge in [-0.1, -0.05) is 25.7 Å². The van der Waals surface area contributed by atoms with Crippen molar-refractivity contribution in [3.63, 3.8) is 0 Å². The predicted molar refractivity (Wildman–Crippen MR) is 78.5 cm³/mol. The van der Waals surface area contributed by atoms with Crippen LogP contribution in [0.25, 0.3) is 0 Å². The summed E-state index contributed by atoms with van der Waals surface area (Å²) in [6.45, 7) is 0. The monoisotopic (exact) mass is 338 g/mol. The number of rotatable bonds is 2. The van der Waals surface area contributed by atoms with E-state index in [0.29, 0.717) is 23.0 Å². The van der Waals surface area contributed by atoms with E-state index in [1.807, 2.05) is 0 Å². The Bertz CT molecular complexity index is 545. The van der Waals surface area contributed by atoms with E-state index < -0.39 is 11.2 Å². The van der Waals surface area contributed by atoms with Crippen LogP contribution in [0.1, 0.15) is 38.5 Å². The van der Waals surface area contributed by atoms with Gasteiger partial charge in [0.1, 0.15) is 11.2 Å². The molecule has 0 bridgehead atoms. The van der Waals surface area contributed by atoms with Crippen LogP contribution in [-0.2, 0) is 4.79 Å². The van der Waals surface area contributed by atoms with Crippen LogP contribution in [0.3, 0.4) is 0 Å². The highest BCUT2D eigenvalue weighted by Gasteiger charge is 2.38. The van der Waals surface area contributed by atoms with E-state index in [4.69, 9.17) is 0 Å². The first-order valence-corrected chi connectivity index (χ1v) is 7.54. The first-order valence-electron chi connectivity index (χ1n) is 6.75. The van der Waals surface area contributed by atoms with Gasteiger partial charge in [0.25, 0.3) is 0 Å². The third kappa shape index (κ3) is 3.18. The Kier molecular flexibility index (Phi) is 4.77. The Balaban J connectivity index is 2.16. The quantitative estimate of drug-likeness (QED) is 0.813. The molecule has 0 heterocycles. The number of amides is 1. The standard InChI is InChI=1S/C15H16BrFN2O/c16-12-6-5-11(9-13(12)17)19-14(20)15(10-18)7-3-1-2-4-8-15/h5-6,9H,1-4,7-8H2,(H,19,20).